The van der Waals surface area contributed by atoms with Crippen LogP contribution in [0.15, 0.2) is 18.2 Å². The normalized spacial score (nSPS) is 19.1. The van der Waals surface area contributed by atoms with E-state index in [4.69, 9.17) is 27.9 Å². The molecular weight excluding hydrogens is 245 g/mol. The molecule has 0 amide bonds. The first-order valence-electron chi connectivity index (χ1n) is 5.13. The van der Waals surface area contributed by atoms with Gasteiger partial charge in [0.05, 0.1) is 11.5 Å². The highest BCUT2D eigenvalue weighted by atomic mass is 35.5. The molecule has 0 aromatic heterocycles. The van der Waals surface area contributed by atoms with Crippen LogP contribution in [0.5, 0.6) is 0 Å². The van der Waals surface area contributed by atoms with Gasteiger partial charge in [0, 0.05) is 28.8 Å². The minimum absolute atomic E-state index is 0.566. The fraction of sp³-hybridized carbons (Fsp3) is 0.417. The number of ether oxygens (including phenoxy) is 1. The third-order valence-electron chi connectivity index (χ3n) is 3.00. The first kappa shape index (κ1) is 11.7. The lowest BCUT2D eigenvalue weighted by atomic mass is 9.75. The summed E-state index contributed by atoms with van der Waals surface area (Å²) < 4.78 is 5.29. The lowest BCUT2D eigenvalue weighted by Gasteiger charge is -2.32. The molecule has 0 unspecified atom stereocenters. The Labute approximate surface area is 105 Å². The molecule has 0 aliphatic carbocycles. The van der Waals surface area contributed by atoms with Crippen LogP contribution in [0.1, 0.15) is 18.4 Å². The average Bonchev–Trinajstić information content (AvgIpc) is 2.30. The summed E-state index contributed by atoms with van der Waals surface area (Å²) in [5, 5.41) is 10.6. The summed E-state index contributed by atoms with van der Waals surface area (Å²) in [7, 11) is 0. The Morgan fingerprint density at radius 3 is 2.25 bits per heavy atom. The second-order valence-corrected chi connectivity index (χ2v) is 4.72. The highest BCUT2D eigenvalue weighted by Crippen LogP contribution is 2.41. The number of nitriles is 1. The molecule has 0 saturated carbocycles. The van der Waals surface area contributed by atoms with Crippen molar-refractivity contribution in [2.45, 2.75) is 18.3 Å². The minimum atomic E-state index is -0.590. The monoisotopic (exact) mass is 255 g/mol. The van der Waals surface area contributed by atoms with Gasteiger partial charge in [-0.05, 0) is 25.0 Å². The van der Waals surface area contributed by atoms with Gasteiger partial charge < -0.3 is 4.74 Å². The van der Waals surface area contributed by atoms with Gasteiger partial charge in [0.25, 0.3) is 0 Å². The van der Waals surface area contributed by atoms with Crippen molar-refractivity contribution < 1.29 is 4.74 Å². The maximum atomic E-state index is 9.42. The first-order chi connectivity index (χ1) is 7.69. The van der Waals surface area contributed by atoms with Gasteiger partial charge in [0.1, 0.15) is 0 Å². The molecule has 2 nitrogen and oxygen atoms in total. The zero-order valence-corrected chi connectivity index (χ0v) is 10.2. The van der Waals surface area contributed by atoms with Crippen LogP contribution < -0.4 is 0 Å². The van der Waals surface area contributed by atoms with Crippen LogP contribution >= 0.6 is 23.2 Å². The second kappa shape index (κ2) is 4.63. The molecule has 0 radical (unpaired) electrons. The molecule has 16 heavy (non-hydrogen) atoms. The van der Waals surface area contributed by atoms with E-state index in [9.17, 15) is 5.26 Å². The van der Waals surface area contributed by atoms with Crippen LogP contribution in [-0.4, -0.2) is 13.2 Å². The van der Waals surface area contributed by atoms with E-state index in [0.717, 1.165) is 5.56 Å². The van der Waals surface area contributed by atoms with Crippen molar-refractivity contribution in [1.82, 2.24) is 0 Å². The minimum Gasteiger partial charge on any atom is -0.381 e. The quantitative estimate of drug-likeness (QED) is 0.769. The van der Waals surface area contributed by atoms with E-state index in [0.29, 0.717) is 36.1 Å². The van der Waals surface area contributed by atoms with Crippen molar-refractivity contribution >= 4 is 23.2 Å². The van der Waals surface area contributed by atoms with Gasteiger partial charge in [0.15, 0.2) is 0 Å². The van der Waals surface area contributed by atoms with E-state index in [1.807, 2.05) is 0 Å². The maximum Gasteiger partial charge on any atom is 0.0894 e. The first-order valence-corrected chi connectivity index (χ1v) is 5.89. The van der Waals surface area contributed by atoms with Gasteiger partial charge in [-0.25, -0.2) is 0 Å². The van der Waals surface area contributed by atoms with E-state index >= 15 is 0 Å². The fourth-order valence-corrected chi connectivity index (χ4v) is 2.85. The zero-order chi connectivity index (χ0) is 11.6. The lowest BCUT2D eigenvalue weighted by Crippen LogP contribution is -2.32. The van der Waals surface area contributed by atoms with Crippen molar-refractivity contribution in [2.24, 2.45) is 0 Å². The Morgan fingerprint density at radius 1 is 1.19 bits per heavy atom. The molecule has 1 aliphatic rings. The Balaban J connectivity index is 2.52. The summed E-state index contributed by atoms with van der Waals surface area (Å²) in [6.45, 7) is 1.16. The van der Waals surface area contributed by atoms with E-state index in [1.54, 1.807) is 18.2 Å². The number of hydrogen-bond acceptors (Lipinski definition) is 2. The van der Waals surface area contributed by atoms with Gasteiger partial charge in [-0.2, -0.15) is 5.26 Å². The van der Waals surface area contributed by atoms with Gasteiger partial charge in [-0.1, -0.05) is 29.3 Å². The molecule has 0 N–H and O–H groups in total. The predicted octanol–water partition coefficient (Wildman–Crippen LogP) is 3.57. The molecule has 1 aliphatic heterocycles. The van der Waals surface area contributed by atoms with Gasteiger partial charge in [0.2, 0.25) is 0 Å². The molecule has 1 heterocycles. The van der Waals surface area contributed by atoms with E-state index in [-0.39, 0.29) is 0 Å². The SMILES string of the molecule is N#CC1(c2c(Cl)cccc2Cl)CCOCC1. The highest BCUT2D eigenvalue weighted by molar-refractivity contribution is 6.36. The fourth-order valence-electron chi connectivity index (χ4n) is 2.09. The molecule has 1 saturated heterocycles. The third-order valence-corrected chi connectivity index (χ3v) is 3.63. The molecule has 2 rings (SSSR count). The van der Waals surface area contributed by atoms with Crippen molar-refractivity contribution in [3.05, 3.63) is 33.8 Å². The van der Waals surface area contributed by atoms with Crippen molar-refractivity contribution in [3.63, 3.8) is 0 Å². The van der Waals surface area contributed by atoms with Crippen molar-refractivity contribution in [2.75, 3.05) is 13.2 Å². The third kappa shape index (κ3) is 1.91. The van der Waals surface area contributed by atoms with Gasteiger partial charge >= 0.3 is 0 Å². The molecular formula is C12H11Cl2NO. The van der Waals surface area contributed by atoms with Crippen LogP contribution in [0.3, 0.4) is 0 Å². The average molecular weight is 256 g/mol. The summed E-state index contributed by atoms with van der Waals surface area (Å²) in [6, 6.07) is 7.71. The Bertz CT molecular complexity index is 413. The molecule has 0 atom stereocenters. The molecule has 0 spiro atoms. The van der Waals surface area contributed by atoms with Crippen LogP contribution in [0.2, 0.25) is 10.0 Å². The summed E-state index contributed by atoms with van der Waals surface area (Å²) in [5.74, 6) is 0. The largest absolute Gasteiger partial charge is 0.381 e. The van der Waals surface area contributed by atoms with E-state index in [1.165, 1.54) is 0 Å². The molecule has 1 aromatic carbocycles. The molecule has 4 heteroatoms. The van der Waals surface area contributed by atoms with Crippen LogP contribution in [-0.2, 0) is 10.2 Å². The Morgan fingerprint density at radius 2 is 1.75 bits per heavy atom. The van der Waals surface area contributed by atoms with Crippen molar-refractivity contribution in [3.8, 4) is 6.07 Å². The molecule has 84 valence electrons. The molecule has 1 fully saturated rings. The smallest absolute Gasteiger partial charge is 0.0894 e. The number of hydrogen-bond donors (Lipinski definition) is 0. The molecule has 0 bridgehead atoms. The van der Waals surface area contributed by atoms with E-state index in [2.05, 4.69) is 6.07 Å². The van der Waals surface area contributed by atoms with Gasteiger partial charge in [-0.15, -0.1) is 0 Å². The van der Waals surface area contributed by atoms with Crippen LogP contribution in [0.25, 0.3) is 0 Å². The van der Waals surface area contributed by atoms with Gasteiger partial charge in [-0.3, -0.25) is 0 Å². The maximum absolute atomic E-state index is 9.42. The predicted molar refractivity (Wildman–Crippen MR) is 63.8 cm³/mol. The number of halogens is 2. The molecule has 1 aromatic rings. The topological polar surface area (TPSA) is 33.0 Å². The Hall–Kier alpha value is -0.750. The lowest BCUT2D eigenvalue weighted by molar-refractivity contribution is 0.0676. The standard InChI is InChI=1S/C12H11Cl2NO/c13-9-2-1-3-10(14)11(9)12(8-15)4-6-16-7-5-12/h1-3H,4-7H2. The zero-order valence-electron chi connectivity index (χ0n) is 8.67. The van der Waals surface area contributed by atoms with Crippen molar-refractivity contribution in [1.29, 1.82) is 5.26 Å². The highest BCUT2D eigenvalue weighted by Gasteiger charge is 2.37. The second-order valence-electron chi connectivity index (χ2n) is 3.90. The number of nitrogens with zero attached hydrogens (tertiary/aromatic N) is 1. The summed E-state index contributed by atoms with van der Waals surface area (Å²) in [4.78, 5) is 0. The number of benzene rings is 1. The summed E-state index contributed by atoms with van der Waals surface area (Å²) in [6.07, 6.45) is 1.29. The summed E-state index contributed by atoms with van der Waals surface area (Å²) in [5.41, 5.74) is 0.164. The number of rotatable bonds is 1. The Kier molecular flexibility index (Phi) is 3.39. The summed E-state index contributed by atoms with van der Waals surface area (Å²) >= 11 is 12.3. The van der Waals surface area contributed by atoms with Crippen LogP contribution in [0, 0.1) is 11.3 Å². The van der Waals surface area contributed by atoms with E-state index < -0.39 is 5.41 Å². The van der Waals surface area contributed by atoms with Crippen LogP contribution in [0.4, 0.5) is 0 Å².